The standard InChI is InChI=1S/C23H20N2O5/c1-29-17-12-16(13-18(14-17)30-2)22(27)24-25-23(28)20-11-7-6-10-19(20)21(26)15-8-4-3-5-9-15/h3-14H,1-2H3,(H,24,27)(H,25,28). The summed E-state index contributed by atoms with van der Waals surface area (Å²) >= 11 is 0. The summed E-state index contributed by atoms with van der Waals surface area (Å²) in [5.74, 6) is -0.593. The van der Waals surface area contributed by atoms with E-state index in [1.165, 1.54) is 32.4 Å². The minimum Gasteiger partial charge on any atom is -0.497 e. The number of rotatable bonds is 6. The van der Waals surface area contributed by atoms with Crippen molar-refractivity contribution in [2.45, 2.75) is 0 Å². The highest BCUT2D eigenvalue weighted by atomic mass is 16.5. The summed E-state index contributed by atoms with van der Waals surface area (Å²) in [6.07, 6.45) is 0. The number of ketones is 1. The molecule has 7 nitrogen and oxygen atoms in total. The van der Waals surface area contributed by atoms with Crippen molar-refractivity contribution in [2.24, 2.45) is 0 Å². The summed E-state index contributed by atoms with van der Waals surface area (Å²) in [5, 5.41) is 0. The van der Waals surface area contributed by atoms with Crippen LogP contribution < -0.4 is 20.3 Å². The zero-order valence-electron chi connectivity index (χ0n) is 16.5. The van der Waals surface area contributed by atoms with Crippen LogP contribution in [0.25, 0.3) is 0 Å². The fourth-order valence-electron chi connectivity index (χ4n) is 2.82. The molecule has 0 spiro atoms. The number of ether oxygens (including phenoxy) is 2. The first-order chi connectivity index (χ1) is 14.5. The van der Waals surface area contributed by atoms with Gasteiger partial charge in [-0.25, -0.2) is 0 Å². The van der Waals surface area contributed by atoms with Crippen LogP contribution in [0.5, 0.6) is 11.5 Å². The Morgan fingerprint density at radius 3 is 1.77 bits per heavy atom. The summed E-state index contributed by atoms with van der Waals surface area (Å²) in [6, 6.07) is 19.7. The average Bonchev–Trinajstić information content (AvgIpc) is 2.81. The highest BCUT2D eigenvalue weighted by Gasteiger charge is 2.19. The predicted molar refractivity (Wildman–Crippen MR) is 111 cm³/mol. The van der Waals surface area contributed by atoms with Crippen LogP contribution in [-0.2, 0) is 0 Å². The highest BCUT2D eigenvalue weighted by molar-refractivity contribution is 6.15. The number of amides is 2. The van der Waals surface area contributed by atoms with E-state index in [0.29, 0.717) is 17.1 Å². The van der Waals surface area contributed by atoms with Gasteiger partial charge in [0.15, 0.2) is 5.78 Å². The van der Waals surface area contributed by atoms with Crippen LogP contribution in [0.15, 0.2) is 72.8 Å². The number of nitrogens with one attached hydrogen (secondary N) is 2. The summed E-state index contributed by atoms with van der Waals surface area (Å²) < 4.78 is 10.3. The molecule has 0 saturated heterocycles. The van der Waals surface area contributed by atoms with Crippen LogP contribution in [0.3, 0.4) is 0 Å². The maximum atomic E-state index is 12.8. The molecule has 0 aromatic heterocycles. The fraction of sp³-hybridized carbons (Fsp3) is 0.0870. The fourth-order valence-corrected chi connectivity index (χ4v) is 2.82. The smallest absolute Gasteiger partial charge is 0.270 e. The van der Waals surface area contributed by atoms with E-state index in [9.17, 15) is 14.4 Å². The Labute approximate surface area is 173 Å². The maximum Gasteiger partial charge on any atom is 0.270 e. The van der Waals surface area contributed by atoms with Gasteiger partial charge in [0.2, 0.25) is 0 Å². The third-order valence-corrected chi connectivity index (χ3v) is 4.36. The lowest BCUT2D eigenvalue weighted by atomic mass is 9.98. The number of carbonyl (C=O) groups is 3. The second-order valence-electron chi connectivity index (χ2n) is 6.25. The van der Waals surface area contributed by atoms with Gasteiger partial charge in [0.05, 0.1) is 19.8 Å². The van der Waals surface area contributed by atoms with Gasteiger partial charge in [0, 0.05) is 22.8 Å². The first-order valence-corrected chi connectivity index (χ1v) is 9.06. The Bertz CT molecular complexity index is 1060. The number of methoxy groups -OCH3 is 2. The molecule has 0 radical (unpaired) electrons. The highest BCUT2D eigenvalue weighted by Crippen LogP contribution is 2.22. The number of benzene rings is 3. The van der Waals surface area contributed by atoms with Gasteiger partial charge in [-0.3, -0.25) is 25.2 Å². The number of hydrogen-bond acceptors (Lipinski definition) is 5. The van der Waals surface area contributed by atoms with E-state index in [1.54, 1.807) is 54.6 Å². The topological polar surface area (TPSA) is 93.7 Å². The van der Waals surface area contributed by atoms with E-state index >= 15 is 0 Å². The molecule has 0 atom stereocenters. The van der Waals surface area contributed by atoms with Crippen LogP contribution in [-0.4, -0.2) is 31.8 Å². The van der Waals surface area contributed by atoms with E-state index in [-0.39, 0.29) is 22.5 Å². The molecule has 152 valence electrons. The van der Waals surface area contributed by atoms with Crippen molar-refractivity contribution in [3.63, 3.8) is 0 Å². The predicted octanol–water partition coefficient (Wildman–Crippen LogP) is 3.01. The molecular formula is C23H20N2O5. The number of hydrazine groups is 1. The van der Waals surface area contributed by atoms with Gasteiger partial charge in [-0.1, -0.05) is 48.5 Å². The normalized spacial score (nSPS) is 10.1. The van der Waals surface area contributed by atoms with E-state index < -0.39 is 11.8 Å². The number of hydrogen-bond donors (Lipinski definition) is 2. The molecule has 0 fully saturated rings. The molecule has 3 rings (SSSR count). The molecule has 0 aliphatic carbocycles. The Hall–Kier alpha value is -4.13. The minimum absolute atomic E-state index is 0.148. The first kappa shape index (κ1) is 20.6. The molecule has 0 unspecified atom stereocenters. The molecule has 0 aliphatic heterocycles. The Morgan fingerprint density at radius 1 is 0.633 bits per heavy atom. The number of carbonyl (C=O) groups excluding carboxylic acids is 3. The minimum atomic E-state index is -0.613. The molecule has 0 saturated carbocycles. The molecule has 30 heavy (non-hydrogen) atoms. The lowest BCUT2D eigenvalue weighted by Crippen LogP contribution is -2.42. The van der Waals surface area contributed by atoms with Crippen LogP contribution >= 0.6 is 0 Å². The van der Waals surface area contributed by atoms with Crippen LogP contribution in [0.2, 0.25) is 0 Å². The van der Waals surface area contributed by atoms with Crippen molar-refractivity contribution < 1.29 is 23.9 Å². The van der Waals surface area contributed by atoms with E-state index in [0.717, 1.165) is 0 Å². The third-order valence-electron chi connectivity index (χ3n) is 4.36. The second kappa shape index (κ2) is 9.38. The first-order valence-electron chi connectivity index (χ1n) is 9.06. The van der Waals surface area contributed by atoms with Crippen molar-refractivity contribution in [2.75, 3.05) is 14.2 Å². The zero-order chi connectivity index (χ0) is 21.5. The molecule has 3 aromatic carbocycles. The molecule has 3 aromatic rings. The Kier molecular flexibility index (Phi) is 6.44. The molecule has 0 heterocycles. The second-order valence-corrected chi connectivity index (χ2v) is 6.25. The van der Waals surface area contributed by atoms with E-state index in [4.69, 9.17) is 9.47 Å². The Balaban J connectivity index is 1.76. The van der Waals surface area contributed by atoms with E-state index in [2.05, 4.69) is 10.9 Å². The molecule has 7 heteroatoms. The van der Waals surface area contributed by atoms with Gasteiger partial charge in [-0.2, -0.15) is 0 Å². The SMILES string of the molecule is COc1cc(OC)cc(C(=O)NNC(=O)c2ccccc2C(=O)c2ccccc2)c1. The summed E-state index contributed by atoms with van der Waals surface area (Å²) in [7, 11) is 2.94. The van der Waals surface area contributed by atoms with Crippen molar-refractivity contribution in [3.05, 3.63) is 95.1 Å². The van der Waals surface area contributed by atoms with Gasteiger partial charge in [-0.05, 0) is 18.2 Å². The molecule has 0 aliphatic rings. The maximum absolute atomic E-state index is 12.8. The zero-order valence-corrected chi connectivity index (χ0v) is 16.5. The average molecular weight is 404 g/mol. The molecule has 2 amide bonds. The Morgan fingerprint density at radius 2 is 1.17 bits per heavy atom. The van der Waals surface area contributed by atoms with Crippen molar-refractivity contribution in [1.82, 2.24) is 10.9 Å². The molecular weight excluding hydrogens is 384 g/mol. The van der Waals surface area contributed by atoms with Gasteiger partial charge in [0.25, 0.3) is 11.8 Å². The summed E-state index contributed by atoms with van der Waals surface area (Å²) in [6.45, 7) is 0. The van der Waals surface area contributed by atoms with Gasteiger partial charge in [0.1, 0.15) is 11.5 Å². The molecule has 2 N–H and O–H groups in total. The summed E-state index contributed by atoms with van der Waals surface area (Å²) in [5.41, 5.74) is 5.77. The largest absolute Gasteiger partial charge is 0.497 e. The van der Waals surface area contributed by atoms with E-state index in [1.807, 2.05) is 0 Å². The summed E-state index contributed by atoms with van der Waals surface area (Å²) in [4.78, 5) is 37.9. The van der Waals surface area contributed by atoms with Crippen molar-refractivity contribution in [3.8, 4) is 11.5 Å². The quantitative estimate of drug-likeness (QED) is 0.487. The van der Waals surface area contributed by atoms with Crippen LogP contribution in [0.4, 0.5) is 0 Å². The lowest BCUT2D eigenvalue weighted by Gasteiger charge is -2.12. The van der Waals surface area contributed by atoms with Crippen molar-refractivity contribution in [1.29, 1.82) is 0 Å². The van der Waals surface area contributed by atoms with Crippen LogP contribution in [0, 0.1) is 0 Å². The third kappa shape index (κ3) is 4.64. The monoisotopic (exact) mass is 404 g/mol. The van der Waals surface area contributed by atoms with Crippen molar-refractivity contribution >= 4 is 17.6 Å². The lowest BCUT2D eigenvalue weighted by molar-refractivity contribution is 0.0844. The van der Waals surface area contributed by atoms with Gasteiger partial charge < -0.3 is 9.47 Å². The van der Waals surface area contributed by atoms with Gasteiger partial charge in [-0.15, -0.1) is 0 Å². The van der Waals surface area contributed by atoms with Gasteiger partial charge >= 0.3 is 0 Å². The molecule has 0 bridgehead atoms. The van der Waals surface area contributed by atoms with Crippen LogP contribution in [0.1, 0.15) is 36.6 Å².